The van der Waals surface area contributed by atoms with Gasteiger partial charge in [-0.2, -0.15) is 0 Å². The van der Waals surface area contributed by atoms with Crippen molar-refractivity contribution in [1.82, 2.24) is 5.32 Å². The van der Waals surface area contributed by atoms with Crippen LogP contribution in [0, 0.1) is 0 Å². The van der Waals surface area contributed by atoms with Gasteiger partial charge in [0.1, 0.15) is 24.4 Å². The molecule has 0 aliphatic carbocycles. The van der Waals surface area contributed by atoms with E-state index in [0.717, 1.165) is 44.9 Å². The van der Waals surface area contributed by atoms with Crippen LogP contribution in [0.1, 0.15) is 341 Å². The zero-order chi connectivity index (χ0) is 56.5. The van der Waals surface area contributed by atoms with E-state index in [9.17, 15) is 30.3 Å². The van der Waals surface area contributed by atoms with Gasteiger partial charge in [-0.3, -0.25) is 4.79 Å². The van der Waals surface area contributed by atoms with Gasteiger partial charge in [0, 0.05) is 6.42 Å². The first-order chi connectivity index (χ1) is 38.3. The minimum Gasteiger partial charge on any atom is -0.394 e. The minimum atomic E-state index is -1.57. The molecule has 0 spiro atoms. The third-order valence-corrected chi connectivity index (χ3v) is 16.5. The average Bonchev–Trinajstić information content (AvgIpc) is 3.45. The highest BCUT2D eigenvalue weighted by Gasteiger charge is 2.44. The molecule has 0 bridgehead atoms. The summed E-state index contributed by atoms with van der Waals surface area (Å²) in [4.78, 5) is 13.1. The predicted octanol–water partition coefficient (Wildman–Crippen LogP) is 18.3. The zero-order valence-corrected chi connectivity index (χ0v) is 51.4. The summed E-state index contributed by atoms with van der Waals surface area (Å²) in [5, 5.41) is 54.7. The summed E-state index contributed by atoms with van der Waals surface area (Å²) in [6.45, 7) is 3.81. The molecule has 0 aromatic carbocycles. The maximum Gasteiger partial charge on any atom is 0.220 e. The number of hydrogen-bond donors (Lipinski definition) is 6. The molecule has 7 unspecified atom stereocenters. The Kier molecular flexibility index (Phi) is 55.9. The number of unbranched alkanes of at least 4 members (excludes halogenated alkanes) is 46. The van der Waals surface area contributed by atoms with Crippen LogP contribution in [0.25, 0.3) is 0 Å². The van der Waals surface area contributed by atoms with Gasteiger partial charge < -0.3 is 40.3 Å². The number of amides is 1. The first kappa shape index (κ1) is 74.4. The van der Waals surface area contributed by atoms with Crippen LogP contribution in [0.2, 0.25) is 0 Å². The Labute approximate surface area is 482 Å². The summed E-state index contributed by atoms with van der Waals surface area (Å²) in [7, 11) is 0. The summed E-state index contributed by atoms with van der Waals surface area (Å²) in [6, 6.07) is -0.807. The quantitative estimate of drug-likeness (QED) is 0.0261. The highest BCUT2D eigenvalue weighted by atomic mass is 16.7. The van der Waals surface area contributed by atoms with E-state index in [1.165, 1.54) is 276 Å². The van der Waals surface area contributed by atoms with Crippen molar-refractivity contribution in [3.63, 3.8) is 0 Å². The van der Waals surface area contributed by atoms with Gasteiger partial charge in [-0.25, -0.2) is 0 Å². The fourth-order valence-electron chi connectivity index (χ4n) is 11.1. The van der Waals surface area contributed by atoms with E-state index >= 15 is 0 Å². The Balaban J connectivity index is 2.13. The molecule has 0 saturated carbocycles. The van der Waals surface area contributed by atoms with Crippen LogP contribution in [0.3, 0.4) is 0 Å². The number of ether oxygens (including phenoxy) is 2. The van der Waals surface area contributed by atoms with Gasteiger partial charge >= 0.3 is 0 Å². The molecule has 7 atom stereocenters. The molecule has 0 aromatic rings. The Morgan fingerprint density at radius 3 is 1.10 bits per heavy atom. The van der Waals surface area contributed by atoms with E-state index in [4.69, 9.17) is 9.47 Å². The lowest BCUT2D eigenvalue weighted by Crippen LogP contribution is -2.60. The lowest BCUT2D eigenvalue weighted by atomic mass is 9.99. The fourth-order valence-corrected chi connectivity index (χ4v) is 11.1. The molecule has 0 radical (unpaired) electrons. The molecule has 9 nitrogen and oxygen atoms in total. The normalized spacial score (nSPS) is 18.8. The van der Waals surface area contributed by atoms with Crippen LogP contribution in [0.15, 0.2) is 36.5 Å². The molecule has 1 saturated heterocycles. The van der Waals surface area contributed by atoms with Crippen molar-refractivity contribution < 1.29 is 39.8 Å². The molecule has 460 valence electrons. The Bertz CT molecular complexity index is 1320. The zero-order valence-electron chi connectivity index (χ0n) is 51.4. The number of rotatable bonds is 60. The summed E-state index contributed by atoms with van der Waals surface area (Å²) in [5.74, 6) is -0.174. The summed E-state index contributed by atoms with van der Waals surface area (Å²) < 4.78 is 11.3. The number of aliphatic hydroxyl groups excluding tert-OH is 5. The smallest absolute Gasteiger partial charge is 0.220 e. The molecular weight excluding hydrogens is 971 g/mol. The predicted molar refractivity (Wildman–Crippen MR) is 332 cm³/mol. The molecule has 1 heterocycles. The van der Waals surface area contributed by atoms with Gasteiger partial charge in [0.05, 0.1) is 25.4 Å². The second kappa shape index (κ2) is 58.6. The Morgan fingerprint density at radius 2 is 0.756 bits per heavy atom. The molecule has 1 rings (SSSR count). The van der Waals surface area contributed by atoms with Crippen molar-refractivity contribution in [3.8, 4) is 0 Å². The third kappa shape index (κ3) is 47.0. The summed E-state index contributed by atoms with van der Waals surface area (Å²) in [5.41, 5.74) is 0. The molecule has 1 fully saturated rings. The van der Waals surface area contributed by atoms with E-state index in [0.29, 0.717) is 6.42 Å². The molecule has 1 amide bonds. The molecule has 1 aliphatic rings. The lowest BCUT2D eigenvalue weighted by molar-refractivity contribution is -0.302. The van der Waals surface area contributed by atoms with Crippen LogP contribution in [0.5, 0.6) is 0 Å². The van der Waals surface area contributed by atoms with Crippen molar-refractivity contribution >= 4 is 5.91 Å². The van der Waals surface area contributed by atoms with Gasteiger partial charge in [-0.05, 0) is 51.4 Å². The lowest BCUT2D eigenvalue weighted by Gasteiger charge is -2.40. The number of nitrogens with one attached hydrogen (secondary N) is 1. The summed E-state index contributed by atoms with van der Waals surface area (Å²) in [6.07, 6.45) is 71.0. The highest BCUT2D eigenvalue weighted by Crippen LogP contribution is 2.23. The largest absolute Gasteiger partial charge is 0.394 e. The number of hydrogen-bond acceptors (Lipinski definition) is 8. The van der Waals surface area contributed by atoms with Gasteiger partial charge in [-0.1, -0.05) is 320 Å². The fraction of sp³-hybridized carbons (Fsp3) is 0.899. The first-order valence-corrected chi connectivity index (χ1v) is 34.2. The number of allylic oxidation sites excluding steroid dienone is 5. The Morgan fingerprint density at radius 1 is 0.436 bits per heavy atom. The van der Waals surface area contributed by atoms with Crippen LogP contribution in [-0.4, -0.2) is 87.5 Å². The number of aliphatic hydroxyl groups is 5. The van der Waals surface area contributed by atoms with Crippen molar-refractivity contribution in [2.75, 3.05) is 13.2 Å². The van der Waals surface area contributed by atoms with Gasteiger partial charge in [0.25, 0.3) is 0 Å². The van der Waals surface area contributed by atoms with Crippen LogP contribution in [-0.2, 0) is 14.3 Å². The van der Waals surface area contributed by atoms with Crippen LogP contribution >= 0.6 is 0 Å². The second-order valence-corrected chi connectivity index (χ2v) is 24.0. The van der Waals surface area contributed by atoms with Crippen LogP contribution in [0.4, 0.5) is 0 Å². The Hall–Kier alpha value is -1.59. The van der Waals surface area contributed by atoms with Gasteiger partial charge in [-0.15, -0.1) is 0 Å². The standard InChI is InChI=1S/C69H131NO8/c1-3-5-7-9-11-13-15-17-19-21-23-25-27-28-29-30-31-32-33-34-35-37-38-40-42-44-46-48-50-52-54-56-58-63(72)62(61-77-69-68(76)67(75)66(74)64(60-71)78-69)70-65(73)59-57-55-53-51-49-47-45-43-41-39-36-26-24-22-20-18-16-14-12-10-8-6-4-2/h16,18,22,24,56,58,62-64,66-69,71-72,74-76H,3-15,17,19-21,23,25-55,57,59-61H2,1-2H3,(H,70,73)/b18-16-,24-22-,58-56+. The maximum absolute atomic E-state index is 13.1. The first-order valence-electron chi connectivity index (χ1n) is 34.2. The molecule has 6 N–H and O–H groups in total. The molecule has 78 heavy (non-hydrogen) atoms. The van der Waals surface area contributed by atoms with E-state index in [1.807, 2.05) is 6.08 Å². The third-order valence-electron chi connectivity index (χ3n) is 16.5. The van der Waals surface area contributed by atoms with Crippen molar-refractivity contribution in [2.45, 2.75) is 384 Å². The topological polar surface area (TPSA) is 149 Å². The van der Waals surface area contributed by atoms with Crippen molar-refractivity contribution in [1.29, 1.82) is 0 Å². The van der Waals surface area contributed by atoms with E-state index < -0.39 is 49.5 Å². The van der Waals surface area contributed by atoms with E-state index in [-0.39, 0.29) is 12.5 Å². The maximum atomic E-state index is 13.1. The monoisotopic (exact) mass is 1100 g/mol. The van der Waals surface area contributed by atoms with Gasteiger partial charge in [0.2, 0.25) is 5.91 Å². The van der Waals surface area contributed by atoms with E-state index in [1.54, 1.807) is 6.08 Å². The minimum absolute atomic E-state index is 0.174. The highest BCUT2D eigenvalue weighted by molar-refractivity contribution is 5.76. The number of carbonyl (C=O) groups is 1. The number of carbonyl (C=O) groups excluding carboxylic acids is 1. The molecule has 1 aliphatic heterocycles. The van der Waals surface area contributed by atoms with Crippen molar-refractivity contribution in [2.24, 2.45) is 0 Å². The molecular formula is C69H131NO8. The molecule has 9 heteroatoms. The summed E-state index contributed by atoms with van der Waals surface area (Å²) >= 11 is 0. The van der Waals surface area contributed by atoms with Crippen LogP contribution < -0.4 is 5.32 Å². The van der Waals surface area contributed by atoms with E-state index in [2.05, 4.69) is 43.5 Å². The molecule has 0 aromatic heterocycles. The SMILES string of the molecule is CCCCCCC/C=C\C/C=C\CCCCCCCCCCCCCC(=O)NC(COC1OC(CO)C(O)C(O)C1O)C(O)/C=C/CCCCCCCCCCCCCCCCCCCCCCCCCCCCCCCC. The van der Waals surface area contributed by atoms with Crippen molar-refractivity contribution in [3.05, 3.63) is 36.5 Å². The second-order valence-electron chi connectivity index (χ2n) is 24.0. The van der Waals surface area contributed by atoms with Gasteiger partial charge in [0.15, 0.2) is 6.29 Å². The average molecular weight is 1100 g/mol.